The van der Waals surface area contributed by atoms with Crippen LogP contribution in [0.25, 0.3) is 0 Å². The van der Waals surface area contributed by atoms with E-state index in [9.17, 15) is 9.59 Å². The Kier molecular flexibility index (Phi) is 4.72. The number of hydrogen-bond donors (Lipinski definition) is 0. The van der Waals surface area contributed by atoms with E-state index in [1.165, 1.54) is 26.2 Å². The summed E-state index contributed by atoms with van der Waals surface area (Å²) in [5, 5.41) is 1.73. The summed E-state index contributed by atoms with van der Waals surface area (Å²) in [5.41, 5.74) is 0.516. The summed E-state index contributed by atoms with van der Waals surface area (Å²) in [7, 11) is 1.52. The number of hydroxylamine groups is 2. The molecule has 90 valence electrons. The van der Waals surface area contributed by atoms with Crippen molar-refractivity contribution in [3.8, 4) is 0 Å². The molecule has 0 aromatic heterocycles. The maximum atomic E-state index is 11.6. The molecule has 1 aromatic rings. The van der Waals surface area contributed by atoms with Crippen molar-refractivity contribution in [1.29, 1.82) is 0 Å². The summed E-state index contributed by atoms with van der Waals surface area (Å²) in [6, 6.07) is 6.53. The van der Waals surface area contributed by atoms with E-state index in [-0.39, 0.29) is 5.78 Å². The van der Waals surface area contributed by atoms with Crippen LogP contribution in [-0.4, -0.2) is 23.9 Å². The van der Waals surface area contributed by atoms with Crippen LogP contribution in [0.1, 0.15) is 17.3 Å². The molecule has 0 amide bonds. The van der Waals surface area contributed by atoms with E-state index in [4.69, 9.17) is 11.6 Å². The molecule has 0 atom stereocenters. The fourth-order valence-electron chi connectivity index (χ4n) is 1.12. The Morgan fingerprint density at radius 1 is 1.29 bits per heavy atom. The standard InChI is InChI=1S/C12H12ClNO3/c1-9(15)17-14(2)8-7-12(16)10-3-5-11(13)6-4-10/h3-8H,1-2H3/b8-7-. The summed E-state index contributed by atoms with van der Waals surface area (Å²) < 4.78 is 0. The Morgan fingerprint density at radius 2 is 1.88 bits per heavy atom. The van der Waals surface area contributed by atoms with Crippen molar-refractivity contribution < 1.29 is 14.4 Å². The van der Waals surface area contributed by atoms with E-state index in [0.29, 0.717) is 10.6 Å². The third-order valence-corrected chi connectivity index (χ3v) is 2.09. The lowest BCUT2D eigenvalue weighted by Gasteiger charge is -2.10. The summed E-state index contributed by atoms with van der Waals surface area (Å²) in [5.74, 6) is -0.642. The summed E-state index contributed by atoms with van der Waals surface area (Å²) >= 11 is 5.71. The van der Waals surface area contributed by atoms with Gasteiger partial charge in [-0.1, -0.05) is 11.6 Å². The lowest BCUT2D eigenvalue weighted by molar-refractivity contribution is -0.170. The number of rotatable bonds is 4. The molecule has 4 nitrogen and oxygen atoms in total. The highest BCUT2D eigenvalue weighted by Gasteiger charge is 2.02. The third-order valence-electron chi connectivity index (χ3n) is 1.84. The van der Waals surface area contributed by atoms with Gasteiger partial charge in [0.15, 0.2) is 5.78 Å². The predicted octanol–water partition coefficient (Wildman–Crippen LogP) is 2.45. The predicted molar refractivity (Wildman–Crippen MR) is 64.5 cm³/mol. The van der Waals surface area contributed by atoms with Crippen molar-refractivity contribution in [3.63, 3.8) is 0 Å². The van der Waals surface area contributed by atoms with Gasteiger partial charge in [-0.3, -0.25) is 9.59 Å². The number of ketones is 1. The van der Waals surface area contributed by atoms with Gasteiger partial charge in [0.2, 0.25) is 0 Å². The molecule has 0 heterocycles. The largest absolute Gasteiger partial charge is 0.342 e. The van der Waals surface area contributed by atoms with Crippen LogP contribution < -0.4 is 0 Å². The molecule has 1 aromatic carbocycles. The minimum Gasteiger partial charge on any atom is -0.342 e. The van der Waals surface area contributed by atoms with E-state index >= 15 is 0 Å². The van der Waals surface area contributed by atoms with Crippen LogP contribution in [0.3, 0.4) is 0 Å². The first-order valence-corrected chi connectivity index (χ1v) is 5.26. The van der Waals surface area contributed by atoms with Crippen LogP contribution in [0.4, 0.5) is 0 Å². The zero-order chi connectivity index (χ0) is 12.8. The molecule has 0 unspecified atom stereocenters. The molecular formula is C12H12ClNO3. The second kappa shape index (κ2) is 6.06. The summed E-state index contributed by atoms with van der Waals surface area (Å²) in [4.78, 5) is 26.9. The first kappa shape index (κ1) is 13.3. The van der Waals surface area contributed by atoms with Gasteiger partial charge in [-0.15, -0.1) is 0 Å². The van der Waals surface area contributed by atoms with Gasteiger partial charge in [-0.05, 0) is 24.3 Å². The molecule has 0 aliphatic rings. The first-order valence-electron chi connectivity index (χ1n) is 4.88. The molecule has 5 heteroatoms. The summed E-state index contributed by atoms with van der Waals surface area (Å²) in [6.07, 6.45) is 2.69. The average molecular weight is 254 g/mol. The molecule has 0 saturated carbocycles. The Balaban J connectivity index is 2.63. The van der Waals surface area contributed by atoms with Crippen molar-refractivity contribution in [2.45, 2.75) is 6.92 Å². The van der Waals surface area contributed by atoms with E-state index in [0.717, 1.165) is 5.06 Å². The van der Waals surface area contributed by atoms with E-state index in [2.05, 4.69) is 4.84 Å². The number of allylic oxidation sites excluding steroid dienone is 1. The average Bonchev–Trinajstić information content (AvgIpc) is 2.26. The van der Waals surface area contributed by atoms with Crippen LogP contribution in [-0.2, 0) is 9.63 Å². The molecule has 1 rings (SSSR count). The number of hydrogen-bond acceptors (Lipinski definition) is 4. The minimum absolute atomic E-state index is 0.194. The highest BCUT2D eigenvalue weighted by molar-refractivity contribution is 6.30. The van der Waals surface area contributed by atoms with Crippen LogP contribution in [0, 0.1) is 0 Å². The van der Waals surface area contributed by atoms with E-state index in [1.807, 2.05) is 0 Å². The van der Waals surface area contributed by atoms with Crippen molar-refractivity contribution in [3.05, 3.63) is 47.1 Å². The smallest absolute Gasteiger partial charge is 0.329 e. The van der Waals surface area contributed by atoms with Gasteiger partial charge >= 0.3 is 5.97 Å². The molecule has 0 bridgehead atoms. The molecular weight excluding hydrogens is 242 g/mol. The quantitative estimate of drug-likeness (QED) is 0.470. The third kappa shape index (κ3) is 4.70. The first-order chi connectivity index (χ1) is 7.99. The zero-order valence-corrected chi connectivity index (χ0v) is 10.3. The van der Waals surface area contributed by atoms with Crippen molar-refractivity contribution in [2.24, 2.45) is 0 Å². The van der Waals surface area contributed by atoms with Gasteiger partial charge in [-0.2, -0.15) is 0 Å². The second-order valence-corrected chi connectivity index (χ2v) is 3.75. The lowest BCUT2D eigenvalue weighted by Crippen LogP contribution is -2.15. The van der Waals surface area contributed by atoms with Crippen LogP contribution in [0.15, 0.2) is 36.5 Å². The highest BCUT2D eigenvalue weighted by Crippen LogP contribution is 2.10. The molecule has 0 radical (unpaired) electrons. The number of carbonyl (C=O) groups is 2. The van der Waals surface area contributed by atoms with Gasteiger partial charge in [0.1, 0.15) is 0 Å². The molecule has 0 saturated heterocycles. The Hall–Kier alpha value is -1.81. The van der Waals surface area contributed by atoms with Gasteiger partial charge < -0.3 is 4.84 Å². The van der Waals surface area contributed by atoms with Crippen molar-refractivity contribution >= 4 is 23.4 Å². The van der Waals surface area contributed by atoms with Crippen LogP contribution >= 0.6 is 11.6 Å². The molecule has 0 aliphatic carbocycles. The number of nitrogens with zero attached hydrogens (tertiary/aromatic N) is 1. The van der Waals surface area contributed by atoms with Crippen LogP contribution in [0.2, 0.25) is 5.02 Å². The normalized spacial score (nSPS) is 10.3. The Morgan fingerprint density at radius 3 is 2.41 bits per heavy atom. The molecule has 0 spiro atoms. The Labute approximate surface area is 104 Å². The fraction of sp³-hybridized carbons (Fsp3) is 0.167. The summed E-state index contributed by atoms with van der Waals surface area (Å²) in [6.45, 7) is 1.28. The monoisotopic (exact) mass is 253 g/mol. The highest BCUT2D eigenvalue weighted by atomic mass is 35.5. The maximum Gasteiger partial charge on any atom is 0.329 e. The number of carbonyl (C=O) groups excluding carboxylic acids is 2. The lowest BCUT2D eigenvalue weighted by atomic mass is 10.1. The Bertz CT molecular complexity index is 440. The van der Waals surface area contributed by atoms with Gasteiger partial charge in [0.25, 0.3) is 0 Å². The van der Waals surface area contributed by atoms with Gasteiger partial charge in [-0.25, -0.2) is 5.06 Å². The molecule has 0 N–H and O–H groups in total. The minimum atomic E-state index is -0.448. The maximum absolute atomic E-state index is 11.6. The fourth-order valence-corrected chi connectivity index (χ4v) is 1.24. The SMILES string of the molecule is CC(=O)ON(C)/C=C\C(=O)c1ccc(Cl)cc1. The zero-order valence-electron chi connectivity index (χ0n) is 9.51. The number of halogens is 1. The topological polar surface area (TPSA) is 46.6 Å². The molecule has 17 heavy (non-hydrogen) atoms. The van der Waals surface area contributed by atoms with E-state index in [1.54, 1.807) is 24.3 Å². The molecule has 0 aliphatic heterocycles. The van der Waals surface area contributed by atoms with Gasteiger partial charge in [0, 0.05) is 36.8 Å². The van der Waals surface area contributed by atoms with Crippen molar-refractivity contribution in [1.82, 2.24) is 5.06 Å². The van der Waals surface area contributed by atoms with Crippen LogP contribution in [0.5, 0.6) is 0 Å². The van der Waals surface area contributed by atoms with Crippen molar-refractivity contribution in [2.75, 3.05) is 7.05 Å². The second-order valence-electron chi connectivity index (χ2n) is 3.32. The molecule has 0 fully saturated rings. The number of benzene rings is 1. The van der Waals surface area contributed by atoms with Gasteiger partial charge in [0.05, 0.1) is 0 Å². The van der Waals surface area contributed by atoms with E-state index < -0.39 is 5.97 Å².